The first-order valence-corrected chi connectivity index (χ1v) is 12.9. The van der Waals surface area contributed by atoms with Gasteiger partial charge < -0.3 is 31.4 Å². The van der Waals surface area contributed by atoms with Crippen LogP contribution in [0.2, 0.25) is 0 Å². The molecule has 0 radical (unpaired) electrons. The highest BCUT2D eigenvalue weighted by molar-refractivity contribution is 7.80. The molecule has 1 aliphatic rings. The van der Waals surface area contributed by atoms with Crippen molar-refractivity contribution in [3.05, 3.63) is 36.0 Å². The van der Waals surface area contributed by atoms with E-state index in [-0.39, 0.29) is 30.0 Å². The van der Waals surface area contributed by atoms with E-state index in [0.29, 0.717) is 12.8 Å². The second-order valence-electron chi connectivity index (χ2n) is 9.23. The normalized spacial score (nSPS) is 18.7. The minimum Gasteiger partial charge on any atom is -0.480 e. The molecule has 1 aliphatic heterocycles. The molecule has 2 heterocycles. The van der Waals surface area contributed by atoms with Crippen LogP contribution in [0.15, 0.2) is 30.5 Å². The summed E-state index contributed by atoms with van der Waals surface area (Å²) in [6, 6.07) is 4.08. The Morgan fingerprint density at radius 1 is 1.11 bits per heavy atom. The molecule has 1 aromatic carbocycles. The van der Waals surface area contributed by atoms with Gasteiger partial charge in [0.25, 0.3) is 0 Å². The lowest BCUT2D eigenvalue weighted by molar-refractivity contribution is -0.142. The van der Waals surface area contributed by atoms with E-state index in [1.54, 1.807) is 13.1 Å². The molecule has 5 atom stereocenters. The van der Waals surface area contributed by atoms with Crippen molar-refractivity contribution in [1.29, 1.82) is 0 Å². The highest BCUT2D eigenvalue weighted by Crippen LogP contribution is 2.19. The monoisotopic (exact) mass is 517 g/mol. The third-order valence-electron chi connectivity index (χ3n) is 6.70. The number of carbonyl (C=O) groups excluding carboxylic acids is 3. The first-order chi connectivity index (χ1) is 17.2. The number of benzene rings is 1. The van der Waals surface area contributed by atoms with Crippen molar-refractivity contribution in [2.75, 3.05) is 12.3 Å². The van der Waals surface area contributed by atoms with Crippen LogP contribution >= 0.6 is 12.6 Å². The Morgan fingerprint density at radius 2 is 1.86 bits per heavy atom. The minimum absolute atomic E-state index is 0.0530. The van der Waals surface area contributed by atoms with Crippen LogP contribution in [-0.4, -0.2) is 70.2 Å². The number of aliphatic carboxylic acids is 1. The third-order valence-corrected chi connectivity index (χ3v) is 7.06. The summed E-state index contributed by atoms with van der Waals surface area (Å²) in [5.41, 5.74) is 1.64. The molecule has 0 spiro atoms. The van der Waals surface area contributed by atoms with E-state index in [9.17, 15) is 24.3 Å². The molecule has 5 unspecified atom stereocenters. The maximum Gasteiger partial charge on any atom is 0.326 e. The van der Waals surface area contributed by atoms with E-state index in [4.69, 9.17) is 0 Å². The van der Waals surface area contributed by atoms with E-state index in [2.05, 4.69) is 38.9 Å². The van der Waals surface area contributed by atoms with E-state index in [0.717, 1.165) is 29.4 Å². The molecule has 0 aliphatic carbocycles. The zero-order valence-corrected chi connectivity index (χ0v) is 21.4. The maximum atomic E-state index is 13.2. The summed E-state index contributed by atoms with van der Waals surface area (Å²) in [5, 5.41) is 21.8. The average Bonchev–Trinajstić information content (AvgIpc) is 3.55. The summed E-state index contributed by atoms with van der Waals surface area (Å²) in [6.45, 7) is 4.42. The first kappa shape index (κ1) is 27.5. The van der Waals surface area contributed by atoms with Crippen LogP contribution in [0.1, 0.15) is 38.7 Å². The number of rotatable bonds is 12. The number of para-hydroxylation sites is 1. The summed E-state index contributed by atoms with van der Waals surface area (Å²) in [5.74, 6) is -2.81. The van der Waals surface area contributed by atoms with Gasteiger partial charge in [-0.25, -0.2) is 4.79 Å². The van der Waals surface area contributed by atoms with Gasteiger partial charge in [0.15, 0.2) is 0 Å². The quantitative estimate of drug-likeness (QED) is 0.208. The molecule has 0 bridgehead atoms. The van der Waals surface area contributed by atoms with Gasteiger partial charge in [0, 0.05) is 29.3 Å². The minimum atomic E-state index is -1.19. The Morgan fingerprint density at radius 3 is 2.50 bits per heavy atom. The molecule has 1 saturated heterocycles. The second-order valence-corrected chi connectivity index (χ2v) is 9.59. The van der Waals surface area contributed by atoms with Crippen molar-refractivity contribution in [2.24, 2.45) is 5.92 Å². The molecule has 0 saturated carbocycles. The topological polar surface area (TPSA) is 152 Å². The van der Waals surface area contributed by atoms with Gasteiger partial charge in [0.1, 0.15) is 18.1 Å². The van der Waals surface area contributed by atoms with Crippen LogP contribution in [0.5, 0.6) is 0 Å². The number of hydrogen-bond acceptors (Lipinski definition) is 6. The number of carbonyl (C=O) groups is 4. The van der Waals surface area contributed by atoms with Gasteiger partial charge in [-0.3, -0.25) is 14.4 Å². The number of aromatic nitrogens is 1. The van der Waals surface area contributed by atoms with Gasteiger partial charge in [-0.1, -0.05) is 38.5 Å². The zero-order chi connectivity index (χ0) is 26.2. The van der Waals surface area contributed by atoms with Gasteiger partial charge in [-0.15, -0.1) is 0 Å². The molecular formula is C25H35N5O5S. The summed E-state index contributed by atoms with van der Waals surface area (Å²) < 4.78 is 0. The van der Waals surface area contributed by atoms with E-state index in [1.165, 1.54) is 0 Å². The fourth-order valence-electron chi connectivity index (χ4n) is 4.31. The molecule has 10 nitrogen and oxygen atoms in total. The number of fused-ring (bicyclic) bond motifs is 1. The molecular weight excluding hydrogens is 482 g/mol. The van der Waals surface area contributed by atoms with Crippen LogP contribution in [0, 0.1) is 5.92 Å². The maximum absolute atomic E-state index is 13.2. The van der Waals surface area contributed by atoms with Gasteiger partial charge in [0.2, 0.25) is 17.7 Å². The number of aromatic amines is 1. The molecule has 196 valence electrons. The lowest BCUT2D eigenvalue weighted by Crippen LogP contribution is -2.59. The number of H-pyrrole nitrogens is 1. The van der Waals surface area contributed by atoms with Gasteiger partial charge in [0.05, 0.1) is 6.04 Å². The van der Waals surface area contributed by atoms with Crippen molar-refractivity contribution in [1.82, 2.24) is 26.3 Å². The summed E-state index contributed by atoms with van der Waals surface area (Å²) in [6.07, 6.45) is 3.96. The number of nitrogens with one attached hydrogen (secondary N) is 5. The first-order valence-electron chi connectivity index (χ1n) is 12.3. The molecule has 36 heavy (non-hydrogen) atoms. The fraction of sp³-hybridized carbons (Fsp3) is 0.520. The Kier molecular flexibility index (Phi) is 9.77. The molecule has 11 heteroatoms. The van der Waals surface area contributed by atoms with Gasteiger partial charge in [-0.2, -0.15) is 12.6 Å². The number of amides is 3. The van der Waals surface area contributed by atoms with Crippen molar-refractivity contribution in [3.8, 4) is 0 Å². The van der Waals surface area contributed by atoms with Crippen LogP contribution < -0.4 is 21.3 Å². The molecule has 3 rings (SSSR count). The SMILES string of the molecule is CCC(C)C(NC(=O)C(CS)NC(=O)C1CCCN1)C(=O)NC(Cc1c[nH]c2ccccc12)C(=O)O. The highest BCUT2D eigenvalue weighted by Gasteiger charge is 2.33. The van der Waals surface area contributed by atoms with E-state index < -0.39 is 35.9 Å². The summed E-state index contributed by atoms with van der Waals surface area (Å²) >= 11 is 4.21. The lowest BCUT2D eigenvalue weighted by Gasteiger charge is -2.27. The Balaban J connectivity index is 1.69. The lowest BCUT2D eigenvalue weighted by atomic mass is 9.97. The van der Waals surface area contributed by atoms with Crippen molar-refractivity contribution in [2.45, 2.75) is 63.7 Å². The van der Waals surface area contributed by atoms with E-state index in [1.807, 2.05) is 31.2 Å². The smallest absolute Gasteiger partial charge is 0.326 e. The number of carboxylic acid groups (broad SMARTS) is 1. The molecule has 1 fully saturated rings. The Labute approximate surface area is 215 Å². The average molecular weight is 518 g/mol. The molecule has 1 aromatic heterocycles. The number of carboxylic acids is 1. The van der Waals surface area contributed by atoms with Gasteiger partial charge >= 0.3 is 5.97 Å². The third kappa shape index (κ3) is 6.79. The Bertz CT molecular complexity index is 1080. The summed E-state index contributed by atoms with van der Waals surface area (Å²) in [7, 11) is 0. The predicted octanol–water partition coefficient (Wildman–Crippen LogP) is 0.977. The van der Waals surface area contributed by atoms with Crippen LogP contribution in [-0.2, 0) is 25.6 Å². The zero-order valence-electron chi connectivity index (χ0n) is 20.5. The molecule has 2 aromatic rings. The van der Waals surface area contributed by atoms with E-state index >= 15 is 0 Å². The van der Waals surface area contributed by atoms with Crippen molar-refractivity contribution >= 4 is 47.2 Å². The second kappa shape index (κ2) is 12.8. The van der Waals surface area contributed by atoms with Gasteiger partial charge in [-0.05, 0) is 36.9 Å². The van der Waals surface area contributed by atoms with Crippen LogP contribution in [0.4, 0.5) is 0 Å². The standard InChI is InChI=1S/C25H35N5O5S/c1-3-14(2)21(30-23(32)20(13-36)29-22(31)18-9-6-10-26-18)24(33)28-19(25(34)35)11-15-12-27-17-8-5-4-7-16(15)17/h4-5,7-8,12,14,18-21,26-27,36H,3,6,9-11,13H2,1-2H3,(H,28,33)(H,29,31)(H,30,32)(H,34,35). The molecule has 3 amide bonds. The summed E-state index contributed by atoms with van der Waals surface area (Å²) in [4.78, 5) is 53.8. The fourth-order valence-corrected chi connectivity index (χ4v) is 4.57. The van der Waals surface area contributed by atoms with Crippen molar-refractivity contribution < 1.29 is 24.3 Å². The predicted molar refractivity (Wildman–Crippen MR) is 140 cm³/mol. The van der Waals surface area contributed by atoms with Crippen LogP contribution in [0.3, 0.4) is 0 Å². The molecule has 6 N–H and O–H groups in total. The Hall–Kier alpha value is -3.05. The van der Waals surface area contributed by atoms with Crippen molar-refractivity contribution in [3.63, 3.8) is 0 Å². The largest absolute Gasteiger partial charge is 0.480 e. The number of thiol groups is 1. The van der Waals surface area contributed by atoms with Crippen LogP contribution in [0.25, 0.3) is 10.9 Å². The highest BCUT2D eigenvalue weighted by atomic mass is 32.1. The number of hydrogen-bond donors (Lipinski definition) is 7.